The molecule has 0 saturated heterocycles. The summed E-state index contributed by atoms with van der Waals surface area (Å²) in [5, 5.41) is 0. The van der Waals surface area contributed by atoms with Gasteiger partial charge in [0, 0.05) is 0 Å². The molecule has 1 aromatic carbocycles. The Balaban J connectivity index is 2.77. The SMILES string of the molecule is C/C=C/Cc1ccccc1C. The second-order valence-corrected chi connectivity index (χ2v) is 2.70. The van der Waals surface area contributed by atoms with E-state index in [2.05, 4.69) is 50.3 Å². The normalized spacial score (nSPS) is 10.7. The van der Waals surface area contributed by atoms with Crippen LogP contribution in [0.4, 0.5) is 0 Å². The highest BCUT2D eigenvalue weighted by Gasteiger charge is 1.91. The summed E-state index contributed by atoms with van der Waals surface area (Å²) in [6.45, 7) is 4.21. The molecule has 0 fully saturated rings. The molecule has 0 unspecified atom stereocenters. The number of rotatable bonds is 2. The molecule has 0 saturated carbocycles. The number of allylic oxidation sites excluding steroid dienone is 2. The van der Waals surface area contributed by atoms with Crippen LogP contribution in [-0.4, -0.2) is 0 Å². The quantitative estimate of drug-likeness (QED) is 0.562. The summed E-state index contributed by atoms with van der Waals surface area (Å²) in [5.41, 5.74) is 2.80. The Bertz CT molecular complexity index is 246. The summed E-state index contributed by atoms with van der Waals surface area (Å²) in [7, 11) is 0. The van der Waals surface area contributed by atoms with Crippen molar-refractivity contribution in [3.63, 3.8) is 0 Å². The van der Waals surface area contributed by atoms with E-state index in [9.17, 15) is 0 Å². The zero-order valence-electron chi connectivity index (χ0n) is 7.17. The Kier molecular flexibility index (Phi) is 2.91. The van der Waals surface area contributed by atoms with Gasteiger partial charge in [-0.05, 0) is 31.4 Å². The van der Waals surface area contributed by atoms with E-state index in [0.29, 0.717) is 0 Å². The van der Waals surface area contributed by atoms with E-state index in [1.165, 1.54) is 11.1 Å². The third kappa shape index (κ3) is 2.23. The van der Waals surface area contributed by atoms with Crippen molar-refractivity contribution in [3.8, 4) is 0 Å². The Hall–Kier alpha value is -1.04. The lowest BCUT2D eigenvalue weighted by Gasteiger charge is -1.99. The summed E-state index contributed by atoms with van der Waals surface area (Å²) >= 11 is 0. The molecule has 0 spiro atoms. The molecular formula is C11H14. The predicted molar refractivity (Wildman–Crippen MR) is 49.7 cm³/mol. The molecule has 11 heavy (non-hydrogen) atoms. The van der Waals surface area contributed by atoms with E-state index in [0.717, 1.165) is 6.42 Å². The lowest BCUT2D eigenvalue weighted by atomic mass is 10.1. The second kappa shape index (κ2) is 3.97. The molecule has 0 nitrogen and oxygen atoms in total. The highest BCUT2D eigenvalue weighted by Crippen LogP contribution is 2.07. The highest BCUT2D eigenvalue weighted by molar-refractivity contribution is 5.27. The molecule has 1 rings (SSSR count). The monoisotopic (exact) mass is 146 g/mol. The predicted octanol–water partition coefficient (Wildman–Crippen LogP) is 3.11. The van der Waals surface area contributed by atoms with E-state index in [-0.39, 0.29) is 0 Å². The van der Waals surface area contributed by atoms with Crippen LogP contribution < -0.4 is 0 Å². The molecular weight excluding hydrogens is 132 g/mol. The Morgan fingerprint density at radius 2 is 2.00 bits per heavy atom. The molecule has 0 aliphatic heterocycles. The van der Waals surface area contributed by atoms with E-state index >= 15 is 0 Å². The molecule has 0 bridgehead atoms. The summed E-state index contributed by atoms with van der Waals surface area (Å²) < 4.78 is 0. The molecule has 0 N–H and O–H groups in total. The maximum Gasteiger partial charge on any atom is -0.00949 e. The molecule has 58 valence electrons. The van der Waals surface area contributed by atoms with Crippen molar-refractivity contribution >= 4 is 0 Å². The van der Waals surface area contributed by atoms with Gasteiger partial charge in [-0.25, -0.2) is 0 Å². The average molecular weight is 146 g/mol. The first-order chi connectivity index (χ1) is 5.34. The van der Waals surface area contributed by atoms with Crippen LogP contribution in [0.3, 0.4) is 0 Å². The van der Waals surface area contributed by atoms with Gasteiger partial charge in [-0.2, -0.15) is 0 Å². The fourth-order valence-corrected chi connectivity index (χ4v) is 1.08. The summed E-state index contributed by atoms with van der Waals surface area (Å²) in [6, 6.07) is 8.49. The fraction of sp³-hybridized carbons (Fsp3) is 0.273. The van der Waals surface area contributed by atoms with Crippen LogP contribution in [0.1, 0.15) is 18.1 Å². The Morgan fingerprint density at radius 1 is 1.27 bits per heavy atom. The van der Waals surface area contributed by atoms with Crippen LogP contribution in [0.2, 0.25) is 0 Å². The van der Waals surface area contributed by atoms with Crippen molar-refractivity contribution in [3.05, 3.63) is 47.5 Å². The Labute approximate surface area is 68.6 Å². The summed E-state index contributed by atoms with van der Waals surface area (Å²) in [4.78, 5) is 0. The third-order valence-electron chi connectivity index (χ3n) is 1.83. The maximum absolute atomic E-state index is 2.18. The zero-order chi connectivity index (χ0) is 8.10. The average Bonchev–Trinajstić information content (AvgIpc) is 2.03. The van der Waals surface area contributed by atoms with E-state index < -0.39 is 0 Å². The minimum absolute atomic E-state index is 1.06. The molecule has 0 aliphatic carbocycles. The van der Waals surface area contributed by atoms with Crippen LogP contribution in [0, 0.1) is 6.92 Å². The van der Waals surface area contributed by atoms with E-state index in [1.54, 1.807) is 0 Å². The van der Waals surface area contributed by atoms with Gasteiger partial charge < -0.3 is 0 Å². The molecule has 1 aromatic rings. The number of aryl methyl sites for hydroxylation is 1. The van der Waals surface area contributed by atoms with Crippen molar-refractivity contribution in [1.82, 2.24) is 0 Å². The number of hydrogen-bond acceptors (Lipinski definition) is 0. The van der Waals surface area contributed by atoms with Crippen LogP contribution in [-0.2, 0) is 6.42 Å². The fourth-order valence-electron chi connectivity index (χ4n) is 1.08. The van der Waals surface area contributed by atoms with Crippen LogP contribution in [0.5, 0.6) is 0 Å². The lowest BCUT2D eigenvalue weighted by molar-refractivity contribution is 1.21. The third-order valence-corrected chi connectivity index (χ3v) is 1.83. The molecule has 0 heterocycles. The van der Waals surface area contributed by atoms with E-state index in [1.807, 2.05) is 0 Å². The highest BCUT2D eigenvalue weighted by atomic mass is 14.0. The summed E-state index contributed by atoms with van der Waals surface area (Å²) in [6.07, 6.45) is 5.33. The van der Waals surface area contributed by atoms with Gasteiger partial charge in [-0.1, -0.05) is 36.4 Å². The topological polar surface area (TPSA) is 0 Å². The van der Waals surface area contributed by atoms with Gasteiger partial charge in [0.1, 0.15) is 0 Å². The maximum atomic E-state index is 2.18. The van der Waals surface area contributed by atoms with Crippen molar-refractivity contribution in [2.45, 2.75) is 20.3 Å². The Morgan fingerprint density at radius 3 is 2.64 bits per heavy atom. The molecule has 0 heteroatoms. The van der Waals surface area contributed by atoms with Crippen molar-refractivity contribution in [2.75, 3.05) is 0 Å². The van der Waals surface area contributed by atoms with Crippen LogP contribution in [0.25, 0.3) is 0 Å². The van der Waals surface area contributed by atoms with Gasteiger partial charge in [0.05, 0.1) is 0 Å². The van der Waals surface area contributed by atoms with E-state index in [4.69, 9.17) is 0 Å². The van der Waals surface area contributed by atoms with Crippen LogP contribution >= 0.6 is 0 Å². The van der Waals surface area contributed by atoms with Crippen molar-refractivity contribution < 1.29 is 0 Å². The van der Waals surface area contributed by atoms with Gasteiger partial charge in [-0.3, -0.25) is 0 Å². The van der Waals surface area contributed by atoms with Crippen molar-refractivity contribution in [2.24, 2.45) is 0 Å². The molecule has 0 atom stereocenters. The summed E-state index contributed by atoms with van der Waals surface area (Å²) in [5.74, 6) is 0. The molecule has 0 aromatic heterocycles. The molecule has 0 amide bonds. The van der Waals surface area contributed by atoms with Crippen LogP contribution in [0.15, 0.2) is 36.4 Å². The minimum Gasteiger partial charge on any atom is -0.0913 e. The second-order valence-electron chi connectivity index (χ2n) is 2.70. The standard InChI is InChI=1S/C11H14/c1-3-4-8-11-9-6-5-7-10(11)2/h3-7,9H,8H2,1-2H3/b4-3+. The van der Waals surface area contributed by atoms with Gasteiger partial charge >= 0.3 is 0 Å². The first-order valence-electron chi connectivity index (χ1n) is 4.00. The number of hydrogen-bond donors (Lipinski definition) is 0. The van der Waals surface area contributed by atoms with Crippen molar-refractivity contribution in [1.29, 1.82) is 0 Å². The van der Waals surface area contributed by atoms with Gasteiger partial charge in [0.25, 0.3) is 0 Å². The molecule has 0 aliphatic rings. The number of benzene rings is 1. The van der Waals surface area contributed by atoms with Gasteiger partial charge in [0.2, 0.25) is 0 Å². The van der Waals surface area contributed by atoms with Gasteiger partial charge in [0.15, 0.2) is 0 Å². The minimum atomic E-state index is 1.06. The lowest BCUT2D eigenvalue weighted by Crippen LogP contribution is -1.84. The zero-order valence-corrected chi connectivity index (χ0v) is 7.17. The first-order valence-corrected chi connectivity index (χ1v) is 4.00. The largest absolute Gasteiger partial charge is 0.0913 e. The smallest absolute Gasteiger partial charge is 0.00949 e. The first kappa shape index (κ1) is 8.06. The van der Waals surface area contributed by atoms with Gasteiger partial charge in [-0.15, -0.1) is 0 Å². The molecule has 0 radical (unpaired) electrons.